The van der Waals surface area contributed by atoms with Gasteiger partial charge in [0.2, 0.25) is 0 Å². The molecule has 1 aromatic carbocycles. The van der Waals surface area contributed by atoms with Gasteiger partial charge in [-0.3, -0.25) is 4.79 Å². The number of benzene rings is 1. The number of urea groups is 1. The molecule has 2 amide bonds. The van der Waals surface area contributed by atoms with E-state index >= 15 is 0 Å². The number of carboxylic acids is 1. The molecule has 2 atom stereocenters. The Labute approximate surface area is 127 Å². The number of hydrogen-bond acceptors (Lipinski definition) is 3. The number of rotatable bonds is 2. The monoisotopic (exact) mass is 306 g/mol. The van der Waals surface area contributed by atoms with E-state index in [9.17, 15) is 14.7 Å². The second-order valence-electron chi connectivity index (χ2n) is 5.89. The molecule has 0 radical (unpaired) electrons. The fraction of sp³-hybridized carbons (Fsp3) is 0.467. The maximum Gasteiger partial charge on any atom is 0.317 e. The number of likely N-dealkylation sites (tertiary alicyclic amines) is 1. The highest BCUT2D eigenvalue weighted by Gasteiger charge is 2.42. The van der Waals surface area contributed by atoms with Crippen LogP contribution in [-0.4, -0.2) is 40.8 Å². The summed E-state index contributed by atoms with van der Waals surface area (Å²) >= 11 is 1.74. The van der Waals surface area contributed by atoms with Crippen molar-refractivity contribution in [1.29, 1.82) is 0 Å². The summed E-state index contributed by atoms with van der Waals surface area (Å²) in [6.07, 6.45) is 0.506. The first-order valence-corrected chi connectivity index (χ1v) is 7.99. The summed E-state index contributed by atoms with van der Waals surface area (Å²) in [5, 5.41) is 12.3. The van der Waals surface area contributed by atoms with E-state index in [1.165, 1.54) is 4.90 Å². The zero-order valence-corrected chi connectivity index (χ0v) is 12.7. The molecule has 112 valence electrons. The standard InChI is InChI=1S/C15H18N2O3S/c1-15(13(18)19)6-7-17(9-15)14(20)16-11-8-21-12-5-3-2-4-10(11)12/h2-5,11H,6-9H2,1H3,(H,16,20)(H,18,19). The van der Waals surface area contributed by atoms with Crippen LogP contribution in [0.5, 0.6) is 0 Å². The van der Waals surface area contributed by atoms with Gasteiger partial charge in [0.05, 0.1) is 11.5 Å². The van der Waals surface area contributed by atoms with E-state index in [1.54, 1.807) is 23.6 Å². The number of nitrogens with zero attached hydrogens (tertiary/aromatic N) is 1. The van der Waals surface area contributed by atoms with Crippen LogP contribution in [0.2, 0.25) is 0 Å². The zero-order chi connectivity index (χ0) is 15.0. The summed E-state index contributed by atoms with van der Waals surface area (Å²) in [6, 6.07) is 7.91. The van der Waals surface area contributed by atoms with Crippen molar-refractivity contribution in [2.24, 2.45) is 5.41 Å². The van der Waals surface area contributed by atoms with Gasteiger partial charge in [0.15, 0.2) is 0 Å². The second-order valence-corrected chi connectivity index (χ2v) is 6.95. The van der Waals surface area contributed by atoms with E-state index in [-0.39, 0.29) is 18.6 Å². The molecule has 2 unspecified atom stereocenters. The Morgan fingerprint density at radius 2 is 2.19 bits per heavy atom. The SMILES string of the molecule is CC1(C(=O)O)CCN(C(=O)NC2CSc3ccccc32)C1. The van der Waals surface area contributed by atoms with Gasteiger partial charge in [-0.05, 0) is 25.0 Å². The number of thioether (sulfide) groups is 1. The number of hydrogen-bond donors (Lipinski definition) is 2. The van der Waals surface area contributed by atoms with Crippen LogP contribution in [0.4, 0.5) is 4.79 Å². The van der Waals surface area contributed by atoms with Gasteiger partial charge in [-0.1, -0.05) is 18.2 Å². The molecule has 1 saturated heterocycles. The third-order valence-corrected chi connectivity index (χ3v) is 5.46. The van der Waals surface area contributed by atoms with E-state index in [2.05, 4.69) is 11.4 Å². The van der Waals surface area contributed by atoms with Gasteiger partial charge >= 0.3 is 12.0 Å². The van der Waals surface area contributed by atoms with Crippen LogP contribution in [-0.2, 0) is 4.79 Å². The highest BCUT2D eigenvalue weighted by Crippen LogP contribution is 2.38. The van der Waals surface area contributed by atoms with Crippen LogP contribution in [0.15, 0.2) is 29.2 Å². The van der Waals surface area contributed by atoms with Crippen LogP contribution < -0.4 is 5.32 Å². The topological polar surface area (TPSA) is 69.6 Å². The molecule has 0 aliphatic carbocycles. The molecule has 0 bridgehead atoms. The van der Waals surface area contributed by atoms with Crippen molar-refractivity contribution >= 4 is 23.8 Å². The molecule has 6 heteroatoms. The Hall–Kier alpha value is -1.69. The normalized spacial score (nSPS) is 27.5. The van der Waals surface area contributed by atoms with E-state index < -0.39 is 11.4 Å². The van der Waals surface area contributed by atoms with Crippen molar-refractivity contribution in [2.45, 2.75) is 24.3 Å². The van der Waals surface area contributed by atoms with Gasteiger partial charge in [0.25, 0.3) is 0 Å². The fourth-order valence-electron chi connectivity index (χ4n) is 2.83. The minimum Gasteiger partial charge on any atom is -0.481 e. The number of nitrogens with one attached hydrogen (secondary N) is 1. The van der Waals surface area contributed by atoms with Crippen LogP contribution in [0.3, 0.4) is 0 Å². The second kappa shape index (κ2) is 5.26. The molecule has 5 nitrogen and oxygen atoms in total. The summed E-state index contributed by atoms with van der Waals surface area (Å²) in [6.45, 7) is 2.47. The lowest BCUT2D eigenvalue weighted by Crippen LogP contribution is -2.42. The average molecular weight is 306 g/mol. The molecule has 2 aliphatic rings. The maximum atomic E-state index is 12.3. The van der Waals surface area contributed by atoms with Crippen molar-refractivity contribution in [3.63, 3.8) is 0 Å². The molecule has 2 heterocycles. The van der Waals surface area contributed by atoms with Crippen LogP contribution in [0.1, 0.15) is 24.9 Å². The lowest BCUT2D eigenvalue weighted by molar-refractivity contribution is -0.146. The van der Waals surface area contributed by atoms with Crippen molar-refractivity contribution in [2.75, 3.05) is 18.8 Å². The molecule has 1 fully saturated rings. The van der Waals surface area contributed by atoms with Gasteiger partial charge in [-0.25, -0.2) is 4.79 Å². The van der Waals surface area contributed by atoms with Crippen molar-refractivity contribution < 1.29 is 14.7 Å². The summed E-state index contributed by atoms with van der Waals surface area (Å²) in [4.78, 5) is 26.4. The summed E-state index contributed by atoms with van der Waals surface area (Å²) in [5.41, 5.74) is 0.329. The molecule has 21 heavy (non-hydrogen) atoms. The molecule has 3 rings (SSSR count). The first-order chi connectivity index (χ1) is 9.99. The lowest BCUT2D eigenvalue weighted by Gasteiger charge is -2.22. The first-order valence-electron chi connectivity index (χ1n) is 7.00. The Kier molecular flexibility index (Phi) is 3.57. The van der Waals surface area contributed by atoms with Crippen molar-refractivity contribution in [1.82, 2.24) is 10.2 Å². The molecule has 0 saturated carbocycles. The van der Waals surface area contributed by atoms with Gasteiger partial charge in [-0.2, -0.15) is 0 Å². The predicted octanol–water partition coefficient (Wildman–Crippen LogP) is 2.34. The van der Waals surface area contributed by atoms with E-state index in [0.29, 0.717) is 13.0 Å². The minimum absolute atomic E-state index is 0.00961. The molecule has 2 aliphatic heterocycles. The average Bonchev–Trinajstić information content (AvgIpc) is 3.05. The third-order valence-electron chi connectivity index (χ3n) is 4.27. The van der Waals surface area contributed by atoms with Crippen molar-refractivity contribution in [3.8, 4) is 0 Å². The fourth-order valence-corrected chi connectivity index (χ4v) is 3.99. The number of amides is 2. The van der Waals surface area contributed by atoms with Crippen molar-refractivity contribution in [3.05, 3.63) is 29.8 Å². The highest BCUT2D eigenvalue weighted by atomic mass is 32.2. The van der Waals surface area contributed by atoms with Gasteiger partial charge in [-0.15, -0.1) is 11.8 Å². The smallest absolute Gasteiger partial charge is 0.317 e. The van der Waals surface area contributed by atoms with Crippen LogP contribution >= 0.6 is 11.8 Å². The number of carbonyl (C=O) groups is 2. The van der Waals surface area contributed by atoms with Crippen LogP contribution in [0.25, 0.3) is 0 Å². The summed E-state index contributed by atoms with van der Waals surface area (Å²) in [5.74, 6) is -0.00524. The van der Waals surface area contributed by atoms with Gasteiger partial charge in [0, 0.05) is 23.7 Å². The first kappa shape index (κ1) is 14.3. The Bertz CT molecular complexity index is 592. The minimum atomic E-state index is -0.834. The number of carboxylic acid groups (broad SMARTS) is 1. The molecule has 0 aromatic heterocycles. The Morgan fingerprint density at radius 3 is 2.90 bits per heavy atom. The number of aliphatic carboxylic acids is 1. The quantitative estimate of drug-likeness (QED) is 0.880. The summed E-state index contributed by atoms with van der Waals surface area (Å²) < 4.78 is 0. The highest BCUT2D eigenvalue weighted by molar-refractivity contribution is 7.99. The summed E-state index contributed by atoms with van der Waals surface area (Å²) in [7, 11) is 0. The predicted molar refractivity (Wildman–Crippen MR) is 80.4 cm³/mol. The Morgan fingerprint density at radius 1 is 1.43 bits per heavy atom. The van der Waals surface area contributed by atoms with Gasteiger partial charge in [0.1, 0.15) is 0 Å². The number of fused-ring (bicyclic) bond motifs is 1. The molecule has 0 spiro atoms. The number of carbonyl (C=O) groups excluding carboxylic acids is 1. The van der Waals surface area contributed by atoms with E-state index in [4.69, 9.17) is 0 Å². The zero-order valence-electron chi connectivity index (χ0n) is 11.8. The maximum absolute atomic E-state index is 12.3. The molecular weight excluding hydrogens is 288 g/mol. The molecule has 1 aromatic rings. The molecule has 2 N–H and O–H groups in total. The molecular formula is C15H18N2O3S. The van der Waals surface area contributed by atoms with E-state index in [0.717, 1.165) is 11.3 Å². The van der Waals surface area contributed by atoms with Crippen LogP contribution in [0, 0.1) is 5.41 Å². The largest absolute Gasteiger partial charge is 0.481 e. The lowest BCUT2D eigenvalue weighted by atomic mass is 9.90. The third kappa shape index (κ3) is 2.60. The Balaban J connectivity index is 1.65. The van der Waals surface area contributed by atoms with E-state index in [1.807, 2.05) is 18.2 Å². The van der Waals surface area contributed by atoms with Gasteiger partial charge < -0.3 is 15.3 Å².